The lowest BCUT2D eigenvalue weighted by molar-refractivity contribution is -0.121. The van der Waals surface area contributed by atoms with E-state index in [4.69, 9.17) is 16.3 Å². The van der Waals surface area contributed by atoms with E-state index in [0.717, 1.165) is 29.7 Å². The van der Waals surface area contributed by atoms with E-state index in [1.54, 1.807) is 6.21 Å². The molecule has 2 aromatic rings. The Morgan fingerprint density at radius 2 is 1.42 bits per heavy atom. The number of unbranched alkanes of at least 4 members (excludes halogenated alkanes) is 10. The van der Waals surface area contributed by atoms with Crippen molar-refractivity contribution < 1.29 is 9.53 Å². The monoisotopic (exact) mass is 470 g/mol. The minimum atomic E-state index is -0.0231. The van der Waals surface area contributed by atoms with Crippen LogP contribution in [0.15, 0.2) is 53.6 Å². The Balaban J connectivity index is 1.51. The number of halogens is 1. The summed E-state index contributed by atoms with van der Waals surface area (Å²) in [5, 5.41) is 4.78. The first-order valence-corrected chi connectivity index (χ1v) is 12.8. The topological polar surface area (TPSA) is 50.7 Å². The van der Waals surface area contributed by atoms with E-state index >= 15 is 0 Å². The van der Waals surface area contributed by atoms with Gasteiger partial charge in [0.05, 0.1) is 6.21 Å². The van der Waals surface area contributed by atoms with Crippen LogP contribution in [0.25, 0.3) is 0 Å². The first-order chi connectivity index (χ1) is 16.2. The van der Waals surface area contributed by atoms with Crippen molar-refractivity contribution in [3.05, 3.63) is 64.7 Å². The Kier molecular flexibility index (Phi) is 14.0. The number of rotatable bonds is 17. The lowest BCUT2D eigenvalue weighted by atomic mass is 10.1. The molecule has 0 aliphatic carbocycles. The van der Waals surface area contributed by atoms with Gasteiger partial charge in [-0.1, -0.05) is 94.9 Å². The summed E-state index contributed by atoms with van der Waals surface area (Å²) in [6.45, 7) is 2.74. The molecular formula is C28H39ClN2O2. The summed E-state index contributed by atoms with van der Waals surface area (Å²) in [7, 11) is 0. The van der Waals surface area contributed by atoms with Crippen molar-refractivity contribution >= 4 is 23.7 Å². The van der Waals surface area contributed by atoms with E-state index in [9.17, 15) is 4.79 Å². The normalized spacial score (nSPS) is 11.1. The molecular weight excluding hydrogens is 432 g/mol. The molecule has 1 amide bonds. The molecule has 0 spiro atoms. The van der Waals surface area contributed by atoms with Gasteiger partial charge in [-0.25, -0.2) is 5.43 Å². The summed E-state index contributed by atoms with van der Waals surface area (Å²) in [6.07, 6.45) is 16.3. The van der Waals surface area contributed by atoms with Crippen molar-refractivity contribution in [2.24, 2.45) is 5.10 Å². The number of nitrogens with zero attached hydrogens (tertiary/aromatic N) is 1. The van der Waals surface area contributed by atoms with Gasteiger partial charge < -0.3 is 4.74 Å². The molecule has 0 unspecified atom stereocenters. The summed E-state index contributed by atoms with van der Waals surface area (Å²) < 4.78 is 5.78. The van der Waals surface area contributed by atoms with E-state index in [1.165, 1.54) is 57.8 Å². The molecule has 2 rings (SSSR count). The van der Waals surface area contributed by atoms with Crippen LogP contribution in [0.1, 0.15) is 95.1 Å². The van der Waals surface area contributed by atoms with Gasteiger partial charge in [0.15, 0.2) is 0 Å². The van der Waals surface area contributed by atoms with E-state index < -0.39 is 0 Å². The number of amides is 1. The van der Waals surface area contributed by atoms with Gasteiger partial charge in [0, 0.05) is 11.4 Å². The fraction of sp³-hybridized carbons (Fsp3) is 0.500. The van der Waals surface area contributed by atoms with Crippen molar-refractivity contribution in [3.8, 4) is 5.75 Å². The Labute approximate surface area is 204 Å². The molecule has 0 bridgehead atoms. The Morgan fingerprint density at radius 3 is 2.03 bits per heavy atom. The fourth-order valence-electron chi connectivity index (χ4n) is 3.58. The lowest BCUT2D eigenvalue weighted by Gasteiger charge is -2.06. The van der Waals surface area contributed by atoms with Gasteiger partial charge in [-0.05, 0) is 53.9 Å². The van der Waals surface area contributed by atoms with Crippen molar-refractivity contribution in [1.29, 1.82) is 0 Å². The maximum Gasteiger partial charge on any atom is 0.240 e. The molecule has 33 heavy (non-hydrogen) atoms. The van der Waals surface area contributed by atoms with Gasteiger partial charge in [-0.3, -0.25) is 4.79 Å². The second-order valence-electron chi connectivity index (χ2n) is 8.56. The molecule has 0 aromatic heterocycles. The molecule has 0 aliphatic heterocycles. The number of carbonyl (C=O) groups excluding carboxylic acids is 1. The number of nitrogens with one attached hydrogen (secondary N) is 1. The van der Waals surface area contributed by atoms with Crippen LogP contribution in [0.2, 0.25) is 5.02 Å². The second-order valence-corrected chi connectivity index (χ2v) is 9.00. The van der Waals surface area contributed by atoms with Crippen LogP contribution in [0.4, 0.5) is 0 Å². The Morgan fingerprint density at radius 1 is 0.848 bits per heavy atom. The minimum absolute atomic E-state index is 0.0231. The number of ether oxygens (including phenoxy) is 1. The van der Waals surface area contributed by atoms with E-state index in [0.29, 0.717) is 18.1 Å². The molecule has 0 saturated heterocycles. The SMILES string of the molecule is CCCCCCCCCCCCCC(=O)NN=Cc1ccc(OCc2ccc(Cl)cc2)cc1. The van der Waals surface area contributed by atoms with Gasteiger partial charge >= 0.3 is 0 Å². The van der Waals surface area contributed by atoms with Crippen LogP contribution >= 0.6 is 11.6 Å². The predicted octanol–water partition coefficient (Wildman–Crippen LogP) is 8.07. The van der Waals surface area contributed by atoms with E-state index in [-0.39, 0.29) is 5.91 Å². The standard InChI is InChI=1S/C28H39ClN2O2/c1-2-3-4-5-6-7-8-9-10-11-12-13-28(32)31-30-22-24-16-20-27(21-17-24)33-23-25-14-18-26(29)19-15-25/h14-22H,2-13,23H2,1H3,(H,31,32). The maximum absolute atomic E-state index is 11.9. The van der Waals surface area contributed by atoms with Crippen LogP contribution in [-0.2, 0) is 11.4 Å². The quantitative estimate of drug-likeness (QED) is 0.144. The summed E-state index contributed by atoms with van der Waals surface area (Å²) in [5.41, 5.74) is 4.59. The zero-order chi connectivity index (χ0) is 23.6. The molecule has 4 nitrogen and oxygen atoms in total. The minimum Gasteiger partial charge on any atom is -0.489 e. The zero-order valence-electron chi connectivity index (χ0n) is 20.0. The van der Waals surface area contributed by atoms with Gasteiger partial charge in [0.25, 0.3) is 0 Å². The van der Waals surface area contributed by atoms with Crippen LogP contribution in [0, 0.1) is 0 Å². The highest BCUT2D eigenvalue weighted by molar-refractivity contribution is 6.30. The molecule has 0 fully saturated rings. The maximum atomic E-state index is 11.9. The van der Waals surface area contributed by atoms with Crippen molar-refractivity contribution in [2.45, 2.75) is 90.6 Å². The lowest BCUT2D eigenvalue weighted by Crippen LogP contribution is -2.16. The molecule has 0 heterocycles. The highest BCUT2D eigenvalue weighted by atomic mass is 35.5. The number of benzene rings is 2. The van der Waals surface area contributed by atoms with E-state index in [1.807, 2.05) is 48.5 Å². The highest BCUT2D eigenvalue weighted by Crippen LogP contribution is 2.15. The summed E-state index contributed by atoms with van der Waals surface area (Å²) in [5.74, 6) is 0.757. The molecule has 1 N–H and O–H groups in total. The van der Waals surface area contributed by atoms with Crippen LogP contribution in [0.5, 0.6) is 5.75 Å². The molecule has 0 radical (unpaired) electrons. The molecule has 5 heteroatoms. The van der Waals surface area contributed by atoms with Crippen LogP contribution in [-0.4, -0.2) is 12.1 Å². The number of carbonyl (C=O) groups is 1. The predicted molar refractivity (Wildman–Crippen MR) is 139 cm³/mol. The summed E-state index contributed by atoms with van der Waals surface area (Å²) in [4.78, 5) is 11.9. The third-order valence-electron chi connectivity index (χ3n) is 5.61. The third-order valence-corrected chi connectivity index (χ3v) is 5.86. The highest BCUT2D eigenvalue weighted by Gasteiger charge is 2.00. The molecule has 0 saturated carbocycles. The zero-order valence-corrected chi connectivity index (χ0v) is 20.8. The Bertz CT molecular complexity index is 804. The molecule has 0 atom stereocenters. The first kappa shape index (κ1) is 26.9. The third kappa shape index (κ3) is 13.1. The van der Waals surface area contributed by atoms with Crippen molar-refractivity contribution in [3.63, 3.8) is 0 Å². The average molecular weight is 471 g/mol. The number of hydrazone groups is 1. The van der Waals surface area contributed by atoms with Gasteiger partial charge in [-0.15, -0.1) is 0 Å². The van der Waals surface area contributed by atoms with Crippen molar-refractivity contribution in [2.75, 3.05) is 0 Å². The van der Waals surface area contributed by atoms with Gasteiger partial charge in [0.1, 0.15) is 12.4 Å². The molecule has 180 valence electrons. The Hall–Kier alpha value is -2.33. The summed E-state index contributed by atoms with van der Waals surface area (Å²) >= 11 is 5.90. The van der Waals surface area contributed by atoms with Gasteiger partial charge in [0.2, 0.25) is 5.91 Å². The largest absolute Gasteiger partial charge is 0.489 e. The molecule has 2 aromatic carbocycles. The number of hydrogen-bond acceptors (Lipinski definition) is 3. The summed E-state index contributed by atoms with van der Waals surface area (Å²) in [6, 6.07) is 15.2. The van der Waals surface area contributed by atoms with Gasteiger partial charge in [-0.2, -0.15) is 5.10 Å². The number of hydrogen-bond donors (Lipinski definition) is 1. The fourth-order valence-corrected chi connectivity index (χ4v) is 3.71. The molecule has 0 aliphatic rings. The average Bonchev–Trinajstić information content (AvgIpc) is 2.83. The van der Waals surface area contributed by atoms with E-state index in [2.05, 4.69) is 17.5 Å². The smallest absolute Gasteiger partial charge is 0.240 e. The second kappa shape index (κ2) is 17.2. The van der Waals surface area contributed by atoms with Crippen LogP contribution < -0.4 is 10.2 Å². The van der Waals surface area contributed by atoms with Crippen LogP contribution in [0.3, 0.4) is 0 Å². The van der Waals surface area contributed by atoms with Crippen molar-refractivity contribution in [1.82, 2.24) is 5.43 Å². The first-order valence-electron chi connectivity index (χ1n) is 12.5.